The standard InChI is InChI=1S/C23H25N3O4S/c1-4-5-10-25-22-20(18-9-11-24(15(3)28)13-19(18)31-22)21(29)26(23(25)30)17-8-6-7-16(12-17)14(2)27/h6-8,12H,4-5,9-11,13H2,1-3H3. The Balaban J connectivity index is 2.01. The summed E-state index contributed by atoms with van der Waals surface area (Å²) in [6.45, 7) is 6.59. The van der Waals surface area contributed by atoms with Crippen LogP contribution in [0.25, 0.3) is 15.9 Å². The molecule has 31 heavy (non-hydrogen) atoms. The van der Waals surface area contributed by atoms with Crippen LogP contribution in [0.5, 0.6) is 0 Å². The van der Waals surface area contributed by atoms with Gasteiger partial charge < -0.3 is 4.90 Å². The third kappa shape index (κ3) is 3.65. The number of thiophene rings is 1. The highest BCUT2D eigenvalue weighted by atomic mass is 32.1. The van der Waals surface area contributed by atoms with Crippen molar-refractivity contribution >= 4 is 33.2 Å². The number of hydrogen-bond donors (Lipinski definition) is 0. The lowest BCUT2D eigenvalue weighted by Gasteiger charge is -2.25. The summed E-state index contributed by atoms with van der Waals surface area (Å²) in [5.74, 6) is -0.121. The van der Waals surface area contributed by atoms with Gasteiger partial charge in [-0.05, 0) is 37.5 Å². The molecule has 8 heteroatoms. The van der Waals surface area contributed by atoms with E-state index >= 15 is 0 Å². The fourth-order valence-electron chi connectivity index (χ4n) is 4.08. The SMILES string of the molecule is CCCCn1c(=O)n(-c2cccc(C(C)=O)c2)c(=O)c2c3c(sc21)CN(C(C)=O)CC3. The van der Waals surface area contributed by atoms with Crippen molar-refractivity contribution in [1.29, 1.82) is 0 Å². The molecule has 2 aromatic heterocycles. The fourth-order valence-corrected chi connectivity index (χ4v) is 5.45. The van der Waals surface area contributed by atoms with Crippen LogP contribution in [0, 0.1) is 0 Å². The molecule has 3 aromatic rings. The van der Waals surface area contributed by atoms with E-state index in [9.17, 15) is 19.2 Å². The van der Waals surface area contributed by atoms with Gasteiger partial charge in [0.05, 0.1) is 17.6 Å². The number of carbonyl (C=O) groups is 2. The summed E-state index contributed by atoms with van der Waals surface area (Å²) in [5, 5.41) is 0.562. The molecule has 7 nitrogen and oxygen atoms in total. The van der Waals surface area contributed by atoms with Gasteiger partial charge in [0, 0.05) is 30.5 Å². The number of carbonyl (C=O) groups excluding carboxylic acids is 2. The van der Waals surface area contributed by atoms with Crippen LogP contribution in [-0.4, -0.2) is 32.3 Å². The Bertz CT molecular complexity index is 1310. The first-order valence-electron chi connectivity index (χ1n) is 10.5. The van der Waals surface area contributed by atoms with Gasteiger partial charge in [0.25, 0.3) is 5.56 Å². The molecule has 0 saturated heterocycles. The molecule has 0 unspecified atom stereocenters. The number of nitrogens with zero attached hydrogens (tertiary/aromatic N) is 3. The predicted octanol–water partition coefficient (Wildman–Crippen LogP) is 3.12. The van der Waals surface area contributed by atoms with Crippen LogP contribution in [0.1, 0.15) is 54.4 Å². The molecule has 162 valence electrons. The van der Waals surface area contributed by atoms with Crippen LogP contribution in [0.4, 0.5) is 0 Å². The van der Waals surface area contributed by atoms with Crippen molar-refractivity contribution in [3.05, 3.63) is 61.1 Å². The van der Waals surface area contributed by atoms with Gasteiger partial charge in [-0.2, -0.15) is 0 Å². The Morgan fingerprint density at radius 1 is 1.16 bits per heavy atom. The number of hydrogen-bond acceptors (Lipinski definition) is 5. The van der Waals surface area contributed by atoms with E-state index < -0.39 is 5.69 Å². The van der Waals surface area contributed by atoms with Crippen LogP contribution in [-0.2, 0) is 24.3 Å². The van der Waals surface area contributed by atoms with Gasteiger partial charge in [-0.25, -0.2) is 9.36 Å². The first-order chi connectivity index (χ1) is 14.8. The molecule has 3 heterocycles. The van der Waals surface area contributed by atoms with E-state index in [0.29, 0.717) is 47.5 Å². The van der Waals surface area contributed by atoms with Crippen molar-refractivity contribution in [1.82, 2.24) is 14.0 Å². The number of aromatic nitrogens is 2. The average molecular weight is 440 g/mol. The molecule has 0 spiro atoms. The average Bonchev–Trinajstić information content (AvgIpc) is 3.12. The van der Waals surface area contributed by atoms with Crippen molar-refractivity contribution in [2.75, 3.05) is 6.54 Å². The Labute approximate surface area is 183 Å². The molecule has 0 radical (unpaired) electrons. The highest BCUT2D eigenvalue weighted by Gasteiger charge is 2.27. The Hall–Kier alpha value is -3.00. The minimum absolute atomic E-state index is 0.00457. The summed E-state index contributed by atoms with van der Waals surface area (Å²) in [6.07, 6.45) is 2.31. The number of ketones is 1. The van der Waals surface area contributed by atoms with Crippen LogP contribution in [0.15, 0.2) is 33.9 Å². The van der Waals surface area contributed by atoms with Gasteiger partial charge in [-0.1, -0.05) is 25.5 Å². The molecule has 4 rings (SSSR count). The monoisotopic (exact) mass is 439 g/mol. The van der Waals surface area contributed by atoms with Crippen molar-refractivity contribution in [3.8, 4) is 5.69 Å². The van der Waals surface area contributed by atoms with Crippen LogP contribution < -0.4 is 11.2 Å². The van der Waals surface area contributed by atoms with Crippen molar-refractivity contribution in [2.45, 2.75) is 53.1 Å². The van der Waals surface area contributed by atoms with Crippen LogP contribution in [0.3, 0.4) is 0 Å². The summed E-state index contributed by atoms with van der Waals surface area (Å²) in [4.78, 5) is 54.2. The second-order valence-electron chi connectivity index (χ2n) is 7.91. The number of fused-ring (bicyclic) bond motifs is 3. The number of Topliss-reactive ketones (excluding diaryl/α,β-unsaturated/α-hetero) is 1. The quantitative estimate of drug-likeness (QED) is 0.572. The molecular formula is C23H25N3O4S. The van der Waals surface area contributed by atoms with E-state index in [1.165, 1.54) is 22.8 Å². The third-order valence-electron chi connectivity index (χ3n) is 5.81. The highest BCUT2D eigenvalue weighted by Crippen LogP contribution is 2.33. The van der Waals surface area contributed by atoms with Crippen LogP contribution in [0.2, 0.25) is 0 Å². The van der Waals surface area contributed by atoms with E-state index in [2.05, 4.69) is 6.92 Å². The predicted molar refractivity (Wildman–Crippen MR) is 121 cm³/mol. The summed E-state index contributed by atoms with van der Waals surface area (Å²) in [5.41, 5.74) is 1.03. The minimum Gasteiger partial charge on any atom is -0.337 e. The van der Waals surface area contributed by atoms with Crippen molar-refractivity contribution in [2.24, 2.45) is 0 Å². The normalized spacial score (nSPS) is 13.5. The lowest BCUT2D eigenvalue weighted by Crippen LogP contribution is -2.39. The molecule has 0 saturated carbocycles. The maximum atomic E-state index is 13.6. The summed E-state index contributed by atoms with van der Waals surface area (Å²) in [6, 6.07) is 6.64. The highest BCUT2D eigenvalue weighted by molar-refractivity contribution is 7.18. The second-order valence-corrected chi connectivity index (χ2v) is 8.99. The van der Waals surface area contributed by atoms with E-state index in [-0.39, 0.29) is 17.2 Å². The van der Waals surface area contributed by atoms with Crippen molar-refractivity contribution < 1.29 is 9.59 Å². The molecule has 0 bridgehead atoms. The zero-order valence-corrected chi connectivity index (χ0v) is 18.8. The maximum Gasteiger partial charge on any atom is 0.336 e. The number of unbranched alkanes of at least 4 members (excludes halogenated alkanes) is 1. The van der Waals surface area contributed by atoms with Crippen molar-refractivity contribution in [3.63, 3.8) is 0 Å². The first-order valence-corrected chi connectivity index (χ1v) is 11.3. The summed E-state index contributed by atoms with van der Waals surface area (Å²) in [7, 11) is 0. The number of aryl methyl sites for hydroxylation is 1. The van der Waals surface area contributed by atoms with Gasteiger partial charge in [-0.3, -0.25) is 19.0 Å². The first kappa shape index (κ1) is 21.2. The Kier molecular flexibility index (Phi) is 5.66. The number of amides is 1. The molecule has 1 aliphatic rings. The zero-order valence-electron chi connectivity index (χ0n) is 17.9. The fraction of sp³-hybridized carbons (Fsp3) is 0.391. The molecule has 1 aliphatic heterocycles. The molecule has 0 fully saturated rings. The van der Waals surface area contributed by atoms with Crippen LogP contribution >= 0.6 is 11.3 Å². The minimum atomic E-state index is -0.395. The largest absolute Gasteiger partial charge is 0.337 e. The number of benzene rings is 1. The lowest BCUT2D eigenvalue weighted by molar-refractivity contribution is -0.129. The lowest BCUT2D eigenvalue weighted by atomic mass is 10.1. The molecule has 1 amide bonds. The zero-order chi connectivity index (χ0) is 22.3. The van der Waals surface area contributed by atoms with Gasteiger partial charge >= 0.3 is 5.69 Å². The smallest absolute Gasteiger partial charge is 0.336 e. The van der Waals surface area contributed by atoms with E-state index in [4.69, 9.17) is 0 Å². The van der Waals surface area contributed by atoms with Gasteiger partial charge in [0.15, 0.2) is 5.78 Å². The van der Waals surface area contributed by atoms with Gasteiger partial charge in [-0.15, -0.1) is 11.3 Å². The topological polar surface area (TPSA) is 81.4 Å². The second kappa shape index (κ2) is 8.26. The molecule has 0 N–H and O–H groups in total. The Morgan fingerprint density at radius 3 is 2.61 bits per heavy atom. The van der Waals surface area contributed by atoms with E-state index in [1.54, 1.807) is 40.7 Å². The van der Waals surface area contributed by atoms with E-state index in [0.717, 1.165) is 23.3 Å². The number of rotatable bonds is 5. The van der Waals surface area contributed by atoms with Gasteiger partial charge in [0.2, 0.25) is 5.91 Å². The molecule has 1 aromatic carbocycles. The summed E-state index contributed by atoms with van der Waals surface area (Å²) < 4.78 is 2.87. The third-order valence-corrected chi connectivity index (χ3v) is 7.05. The molecule has 0 atom stereocenters. The summed E-state index contributed by atoms with van der Waals surface area (Å²) >= 11 is 1.44. The van der Waals surface area contributed by atoms with Gasteiger partial charge in [0.1, 0.15) is 4.83 Å². The maximum absolute atomic E-state index is 13.6. The molecular weight excluding hydrogens is 414 g/mol. The van der Waals surface area contributed by atoms with E-state index in [1.807, 2.05) is 0 Å². The molecule has 0 aliphatic carbocycles. The Morgan fingerprint density at radius 2 is 1.94 bits per heavy atom.